The SMILES string of the molecule is COc1ccc(C(F)(F)C(C)N)cc1Br. The van der Waals surface area contributed by atoms with Gasteiger partial charge in [0.05, 0.1) is 17.6 Å². The maximum atomic E-state index is 13.5. The molecule has 0 aliphatic rings. The van der Waals surface area contributed by atoms with Crippen LogP contribution in [0.4, 0.5) is 8.78 Å². The van der Waals surface area contributed by atoms with E-state index in [1.54, 1.807) is 0 Å². The number of nitrogens with two attached hydrogens (primary N) is 1. The highest BCUT2D eigenvalue weighted by molar-refractivity contribution is 9.10. The summed E-state index contributed by atoms with van der Waals surface area (Å²) in [5.74, 6) is -2.52. The van der Waals surface area contributed by atoms with E-state index >= 15 is 0 Å². The lowest BCUT2D eigenvalue weighted by Crippen LogP contribution is -2.35. The van der Waals surface area contributed by atoms with Crippen LogP contribution < -0.4 is 10.5 Å². The maximum absolute atomic E-state index is 13.5. The first kappa shape index (κ1) is 12.4. The van der Waals surface area contributed by atoms with Crippen molar-refractivity contribution in [3.63, 3.8) is 0 Å². The van der Waals surface area contributed by atoms with Gasteiger partial charge in [0, 0.05) is 5.56 Å². The van der Waals surface area contributed by atoms with Crippen molar-refractivity contribution in [3.8, 4) is 5.75 Å². The molecule has 2 N–H and O–H groups in total. The quantitative estimate of drug-likeness (QED) is 0.924. The summed E-state index contributed by atoms with van der Waals surface area (Å²) in [7, 11) is 1.48. The fourth-order valence-corrected chi connectivity index (χ4v) is 1.68. The fraction of sp³-hybridized carbons (Fsp3) is 0.400. The molecular weight excluding hydrogens is 268 g/mol. The summed E-state index contributed by atoms with van der Waals surface area (Å²) in [5.41, 5.74) is 5.11. The van der Waals surface area contributed by atoms with Gasteiger partial charge in [-0.1, -0.05) is 0 Å². The van der Waals surface area contributed by atoms with Crippen LogP contribution in [-0.2, 0) is 5.92 Å². The van der Waals surface area contributed by atoms with Gasteiger partial charge in [-0.3, -0.25) is 0 Å². The first-order valence-electron chi connectivity index (χ1n) is 4.37. The monoisotopic (exact) mass is 279 g/mol. The van der Waals surface area contributed by atoms with Crippen LogP contribution >= 0.6 is 15.9 Å². The molecule has 0 saturated carbocycles. The number of benzene rings is 1. The Labute approximate surface area is 95.5 Å². The van der Waals surface area contributed by atoms with Crippen LogP contribution in [-0.4, -0.2) is 13.2 Å². The van der Waals surface area contributed by atoms with Crippen molar-refractivity contribution in [3.05, 3.63) is 28.2 Å². The number of halogens is 3. The smallest absolute Gasteiger partial charge is 0.287 e. The second kappa shape index (κ2) is 4.45. The van der Waals surface area contributed by atoms with E-state index in [0.29, 0.717) is 10.2 Å². The van der Waals surface area contributed by atoms with Crippen molar-refractivity contribution >= 4 is 15.9 Å². The average Bonchev–Trinajstić information content (AvgIpc) is 2.17. The van der Waals surface area contributed by atoms with Crippen molar-refractivity contribution in [2.24, 2.45) is 5.73 Å². The third-order valence-electron chi connectivity index (χ3n) is 2.11. The van der Waals surface area contributed by atoms with Crippen molar-refractivity contribution in [1.29, 1.82) is 0 Å². The minimum atomic E-state index is -3.03. The number of hydrogen-bond acceptors (Lipinski definition) is 2. The van der Waals surface area contributed by atoms with E-state index in [0.717, 1.165) is 0 Å². The first-order valence-corrected chi connectivity index (χ1v) is 5.16. The molecule has 0 amide bonds. The zero-order valence-corrected chi connectivity index (χ0v) is 10.0. The average molecular weight is 280 g/mol. The molecule has 0 aliphatic carbocycles. The van der Waals surface area contributed by atoms with Gasteiger partial charge in [0.1, 0.15) is 5.75 Å². The molecule has 2 nitrogen and oxygen atoms in total. The molecule has 15 heavy (non-hydrogen) atoms. The van der Waals surface area contributed by atoms with Gasteiger partial charge in [0.25, 0.3) is 5.92 Å². The van der Waals surface area contributed by atoms with Crippen molar-refractivity contribution in [1.82, 2.24) is 0 Å². The van der Waals surface area contributed by atoms with Crippen LogP contribution in [0, 0.1) is 0 Å². The molecule has 1 unspecified atom stereocenters. The van der Waals surface area contributed by atoms with Crippen LogP contribution in [0.5, 0.6) is 5.75 Å². The summed E-state index contributed by atoms with van der Waals surface area (Å²) >= 11 is 3.15. The Hall–Kier alpha value is -0.680. The molecule has 0 heterocycles. The molecule has 0 bridgehead atoms. The number of ether oxygens (including phenoxy) is 1. The third kappa shape index (κ3) is 2.46. The molecule has 0 aromatic heterocycles. The zero-order chi connectivity index (χ0) is 11.6. The zero-order valence-electron chi connectivity index (χ0n) is 8.43. The minimum Gasteiger partial charge on any atom is -0.496 e. The van der Waals surface area contributed by atoms with Gasteiger partial charge < -0.3 is 10.5 Å². The van der Waals surface area contributed by atoms with E-state index in [1.807, 2.05) is 0 Å². The highest BCUT2D eigenvalue weighted by Gasteiger charge is 2.36. The van der Waals surface area contributed by atoms with E-state index in [9.17, 15) is 8.78 Å². The molecule has 5 heteroatoms. The Morgan fingerprint density at radius 2 is 2.07 bits per heavy atom. The Kier molecular flexibility index (Phi) is 3.67. The van der Waals surface area contributed by atoms with Crippen LogP contribution in [0.1, 0.15) is 12.5 Å². The summed E-state index contributed by atoms with van der Waals surface area (Å²) in [6.07, 6.45) is 0. The Bertz CT molecular complexity index is 355. The van der Waals surface area contributed by atoms with E-state index in [-0.39, 0.29) is 5.56 Å². The number of rotatable bonds is 3. The van der Waals surface area contributed by atoms with Gasteiger partial charge in [-0.05, 0) is 41.1 Å². The molecular formula is C10H12BrF2NO. The van der Waals surface area contributed by atoms with Crippen LogP contribution in [0.25, 0.3) is 0 Å². The van der Waals surface area contributed by atoms with Crippen molar-refractivity contribution < 1.29 is 13.5 Å². The van der Waals surface area contributed by atoms with Crippen LogP contribution in [0.3, 0.4) is 0 Å². The third-order valence-corrected chi connectivity index (χ3v) is 2.73. The number of hydrogen-bond donors (Lipinski definition) is 1. The predicted octanol–water partition coefficient (Wildman–Crippen LogP) is 2.90. The van der Waals surface area contributed by atoms with Crippen molar-refractivity contribution in [2.75, 3.05) is 7.11 Å². The van der Waals surface area contributed by atoms with Gasteiger partial charge in [0.15, 0.2) is 0 Å². The summed E-state index contributed by atoms with van der Waals surface area (Å²) < 4.78 is 32.5. The summed E-state index contributed by atoms with van der Waals surface area (Å²) in [6, 6.07) is 2.89. The summed E-state index contributed by atoms with van der Waals surface area (Å²) in [6.45, 7) is 1.28. The Morgan fingerprint density at radius 3 is 2.47 bits per heavy atom. The molecule has 1 aromatic rings. The minimum absolute atomic E-state index is 0.120. The van der Waals surface area contributed by atoms with Gasteiger partial charge in [-0.2, -0.15) is 8.78 Å². The van der Waals surface area contributed by atoms with Gasteiger partial charge >= 0.3 is 0 Å². The Morgan fingerprint density at radius 1 is 1.47 bits per heavy atom. The van der Waals surface area contributed by atoms with Gasteiger partial charge in [-0.15, -0.1) is 0 Å². The van der Waals surface area contributed by atoms with E-state index in [1.165, 1.54) is 32.2 Å². The van der Waals surface area contributed by atoms with Crippen LogP contribution in [0.2, 0.25) is 0 Å². The maximum Gasteiger partial charge on any atom is 0.287 e. The molecule has 1 aromatic carbocycles. The topological polar surface area (TPSA) is 35.2 Å². The fourth-order valence-electron chi connectivity index (χ4n) is 1.14. The lowest BCUT2D eigenvalue weighted by Gasteiger charge is -2.21. The molecule has 0 radical (unpaired) electrons. The Balaban J connectivity index is 3.12. The highest BCUT2D eigenvalue weighted by Crippen LogP contribution is 2.35. The van der Waals surface area contributed by atoms with Gasteiger partial charge in [0.2, 0.25) is 0 Å². The largest absolute Gasteiger partial charge is 0.496 e. The van der Waals surface area contributed by atoms with Crippen molar-refractivity contribution in [2.45, 2.75) is 18.9 Å². The van der Waals surface area contributed by atoms with Crippen LogP contribution in [0.15, 0.2) is 22.7 Å². The summed E-state index contributed by atoms with van der Waals surface area (Å²) in [4.78, 5) is 0. The molecule has 0 fully saturated rings. The molecule has 0 spiro atoms. The molecule has 84 valence electrons. The second-order valence-electron chi connectivity index (χ2n) is 3.26. The lowest BCUT2D eigenvalue weighted by atomic mass is 10.0. The van der Waals surface area contributed by atoms with E-state index < -0.39 is 12.0 Å². The molecule has 0 saturated heterocycles. The van der Waals surface area contributed by atoms with E-state index in [4.69, 9.17) is 10.5 Å². The second-order valence-corrected chi connectivity index (χ2v) is 4.12. The molecule has 1 atom stereocenters. The van der Waals surface area contributed by atoms with Gasteiger partial charge in [-0.25, -0.2) is 0 Å². The number of alkyl halides is 2. The van der Waals surface area contributed by atoms with E-state index in [2.05, 4.69) is 15.9 Å². The highest BCUT2D eigenvalue weighted by atomic mass is 79.9. The normalized spacial score (nSPS) is 13.7. The number of methoxy groups -OCH3 is 1. The molecule has 0 aliphatic heterocycles. The predicted molar refractivity (Wildman–Crippen MR) is 58.2 cm³/mol. The molecule has 1 rings (SSSR count). The first-order chi connectivity index (χ1) is 6.89. The summed E-state index contributed by atoms with van der Waals surface area (Å²) in [5, 5.41) is 0. The standard InChI is InChI=1S/C10H12BrF2NO/c1-6(14)10(12,13)7-3-4-9(15-2)8(11)5-7/h3-6H,14H2,1-2H3. The lowest BCUT2D eigenvalue weighted by molar-refractivity contribution is -0.0257.